The van der Waals surface area contributed by atoms with Crippen molar-refractivity contribution in [3.63, 3.8) is 0 Å². The molecule has 0 rings (SSSR count). The Morgan fingerprint density at radius 3 is 2.83 bits per heavy atom. The van der Waals surface area contributed by atoms with Crippen LogP contribution in [-0.4, -0.2) is 17.9 Å². The molecule has 0 N–H and O–H groups in total. The lowest BCUT2D eigenvalue weighted by atomic mass is 10.2. The van der Waals surface area contributed by atoms with E-state index in [2.05, 4.69) is 15.9 Å². The second kappa shape index (κ2) is 8.78. The molecule has 0 aromatic heterocycles. The van der Waals surface area contributed by atoms with Gasteiger partial charge in [-0.05, 0) is 26.2 Å². The number of unbranched alkanes of at least 4 members (excludes halogenated alkanes) is 2. The summed E-state index contributed by atoms with van der Waals surface area (Å²) in [5.74, 6) is -0.239. The van der Waals surface area contributed by atoms with Crippen LogP contribution in [0, 0.1) is 0 Å². The van der Waals surface area contributed by atoms with Crippen LogP contribution in [-0.2, 0) is 9.53 Å². The molecule has 0 heterocycles. The zero-order chi connectivity index (χ0) is 9.23. The van der Waals surface area contributed by atoms with Crippen LogP contribution in [0.15, 0.2) is 12.2 Å². The Balaban J connectivity index is 3.29. The van der Waals surface area contributed by atoms with Crippen LogP contribution in [0.5, 0.6) is 0 Å². The number of esters is 1. The third kappa shape index (κ3) is 7.79. The Hall–Kier alpha value is -0.310. The van der Waals surface area contributed by atoms with Crippen molar-refractivity contribution in [2.24, 2.45) is 0 Å². The van der Waals surface area contributed by atoms with Gasteiger partial charge >= 0.3 is 5.97 Å². The molecule has 0 aliphatic heterocycles. The Bertz CT molecular complexity index is 143. The number of hydrogen-bond donors (Lipinski definition) is 0. The first-order valence-electron chi connectivity index (χ1n) is 4.20. The van der Waals surface area contributed by atoms with Gasteiger partial charge in [0, 0.05) is 11.4 Å². The molecule has 0 bridgehead atoms. The lowest BCUT2D eigenvalue weighted by Crippen LogP contribution is -1.98. The van der Waals surface area contributed by atoms with Gasteiger partial charge in [-0.2, -0.15) is 0 Å². The summed E-state index contributed by atoms with van der Waals surface area (Å²) in [6.45, 7) is 2.25. The van der Waals surface area contributed by atoms with Gasteiger partial charge in [-0.25, -0.2) is 4.79 Å². The molecule has 0 spiro atoms. The predicted octanol–water partition coefficient (Wildman–Crippen LogP) is 2.67. The first-order chi connectivity index (χ1) is 5.81. The molecule has 0 aromatic carbocycles. The molecule has 0 aliphatic rings. The third-order valence-electron chi connectivity index (χ3n) is 1.29. The van der Waals surface area contributed by atoms with E-state index in [0.717, 1.165) is 24.6 Å². The van der Waals surface area contributed by atoms with E-state index in [9.17, 15) is 4.79 Å². The smallest absolute Gasteiger partial charge is 0.330 e. The molecule has 0 unspecified atom stereocenters. The topological polar surface area (TPSA) is 26.3 Å². The van der Waals surface area contributed by atoms with Crippen molar-refractivity contribution >= 4 is 21.9 Å². The highest BCUT2D eigenvalue weighted by atomic mass is 79.9. The number of allylic oxidation sites excluding steroid dienone is 1. The Morgan fingerprint density at radius 2 is 2.25 bits per heavy atom. The average molecular weight is 235 g/mol. The molecule has 0 amide bonds. The number of ether oxygens (including phenoxy) is 1. The van der Waals surface area contributed by atoms with Crippen LogP contribution in [0.25, 0.3) is 0 Å². The Kier molecular flexibility index (Phi) is 8.56. The summed E-state index contributed by atoms with van der Waals surface area (Å²) in [6, 6.07) is 0. The van der Waals surface area contributed by atoms with Crippen LogP contribution in [0.4, 0.5) is 0 Å². The van der Waals surface area contributed by atoms with Crippen LogP contribution in [0.3, 0.4) is 0 Å². The summed E-state index contributed by atoms with van der Waals surface area (Å²) in [7, 11) is 0. The quantitative estimate of drug-likeness (QED) is 0.306. The minimum atomic E-state index is -0.239. The van der Waals surface area contributed by atoms with Gasteiger partial charge in [0.25, 0.3) is 0 Å². The number of carbonyl (C=O) groups excluding carboxylic acids is 1. The zero-order valence-corrected chi connectivity index (χ0v) is 8.97. The van der Waals surface area contributed by atoms with E-state index in [4.69, 9.17) is 4.74 Å². The van der Waals surface area contributed by atoms with Crippen molar-refractivity contribution in [1.82, 2.24) is 0 Å². The maximum Gasteiger partial charge on any atom is 0.330 e. The van der Waals surface area contributed by atoms with Gasteiger partial charge in [-0.1, -0.05) is 22.0 Å². The summed E-state index contributed by atoms with van der Waals surface area (Å²) in [5.41, 5.74) is 0. The van der Waals surface area contributed by atoms with Gasteiger partial charge in [0.2, 0.25) is 0 Å². The maximum atomic E-state index is 10.8. The molecule has 0 aliphatic carbocycles. The van der Waals surface area contributed by atoms with Gasteiger partial charge in [0.15, 0.2) is 0 Å². The fourth-order valence-electron chi connectivity index (χ4n) is 0.727. The predicted molar refractivity (Wildman–Crippen MR) is 53.4 cm³/mol. The van der Waals surface area contributed by atoms with E-state index in [1.807, 2.05) is 6.08 Å². The van der Waals surface area contributed by atoms with Crippen molar-refractivity contribution in [1.29, 1.82) is 0 Å². The van der Waals surface area contributed by atoms with Crippen LogP contribution >= 0.6 is 15.9 Å². The zero-order valence-electron chi connectivity index (χ0n) is 7.38. The molecule has 0 atom stereocenters. The van der Waals surface area contributed by atoms with E-state index in [0.29, 0.717) is 6.61 Å². The van der Waals surface area contributed by atoms with Crippen molar-refractivity contribution in [3.05, 3.63) is 12.2 Å². The highest BCUT2D eigenvalue weighted by Gasteiger charge is 1.91. The SMILES string of the molecule is CCOC(=O)/C=C/CCCCBr. The van der Waals surface area contributed by atoms with Crippen LogP contribution in [0.2, 0.25) is 0 Å². The number of rotatable bonds is 6. The number of carbonyl (C=O) groups is 1. The largest absolute Gasteiger partial charge is 0.463 e. The van der Waals surface area contributed by atoms with Crippen LogP contribution in [0.1, 0.15) is 26.2 Å². The normalized spacial score (nSPS) is 10.5. The maximum absolute atomic E-state index is 10.8. The first-order valence-corrected chi connectivity index (χ1v) is 5.32. The van der Waals surface area contributed by atoms with Crippen molar-refractivity contribution in [2.75, 3.05) is 11.9 Å². The fourth-order valence-corrected chi connectivity index (χ4v) is 1.12. The summed E-state index contributed by atoms with van der Waals surface area (Å²) >= 11 is 3.34. The highest BCUT2D eigenvalue weighted by Crippen LogP contribution is 1.99. The minimum absolute atomic E-state index is 0.239. The molecule has 0 radical (unpaired) electrons. The second-order valence-corrected chi connectivity index (χ2v) is 3.13. The Labute approximate surface area is 82.1 Å². The molecule has 0 fully saturated rings. The summed E-state index contributed by atoms with van der Waals surface area (Å²) in [5, 5.41) is 1.03. The molecule has 0 aromatic rings. The van der Waals surface area contributed by atoms with Gasteiger partial charge in [-0.3, -0.25) is 0 Å². The molecule has 2 nitrogen and oxygen atoms in total. The molecule has 12 heavy (non-hydrogen) atoms. The van der Waals surface area contributed by atoms with Crippen molar-refractivity contribution in [2.45, 2.75) is 26.2 Å². The molecular weight excluding hydrogens is 220 g/mol. The summed E-state index contributed by atoms with van der Waals surface area (Å²) < 4.78 is 4.71. The molecule has 3 heteroatoms. The molecule has 0 saturated carbocycles. The van der Waals surface area contributed by atoms with Crippen molar-refractivity contribution < 1.29 is 9.53 Å². The average Bonchev–Trinajstić information content (AvgIpc) is 2.05. The van der Waals surface area contributed by atoms with Gasteiger partial charge < -0.3 is 4.74 Å². The minimum Gasteiger partial charge on any atom is -0.463 e. The number of alkyl halides is 1. The van der Waals surface area contributed by atoms with E-state index < -0.39 is 0 Å². The lowest BCUT2D eigenvalue weighted by Gasteiger charge is -1.94. The molecular formula is C9H15BrO2. The Morgan fingerprint density at radius 1 is 1.50 bits per heavy atom. The van der Waals surface area contributed by atoms with E-state index in [-0.39, 0.29) is 5.97 Å². The van der Waals surface area contributed by atoms with E-state index >= 15 is 0 Å². The molecule has 70 valence electrons. The third-order valence-corrected chi connectivity index (χ3v) is 1.86. The fraction of sp³-hybridized carbons (Fsp3) is 0.667. The number of halogens is 1. The summed E-state index contributed by atoms with van der Waals surface area (Å²) in [6.07, 6.45) is 6.57. The highest BCUT2D eigenvalue weighted by molar-refractivity contribution is 9.09. The van der Waals surface area contributed by atoms with Crippen LogP contribution < -0.4 is 0 Å². The monoisotopic (exact) mass is 234 g/mol. The molecule has 0 saturated heterocycles. The standard InChI is InChI=1S/C9H15BrO2/c1-2-12-9(11)7-5-3-4-6-8-10/h5,7H,2-4,6,8H2,1H3/b7-5+. The second-order valence-electron chi connectivity index (χ2n) is 2.34. The first kappa shape index (κ1) is 11.7. The van der Waals surface area contributed by atoms with Gasteiger partial charge in [-0.15, -0.1) is 0 Å². The van der Waals surface area contributed by atoms with Crippen molar-refractivity contribution in [3.8, 4) is 0 Å². The van der Waals surface area contributed by atoms with Gasteiger partial charge in [0.05, 0.1) is 6.61 Å². The lowest BCUT2D eigenvalue weighted by molar-refractivity contribution is -0.137. The van der Waals surface area contributed by atoms with E-state index in [1.165, 1.54) is 6.08 Å². The summed E-state index contributed by atoms with van der Waals surface area (Å²) in [4.78, 5) is 10.8. The van der Waals surface area contributed by atoms with E-state index in [1.54, 1.807) is 6.92 Å². The number of hydrogen-bond acceptors (Lipinski definition) is 2. The van der Waals surface area contributed by atoms with Gasteiger partial charge in [0.1, 0.15) is 0 Å².